The molecule has 0 radical (unpaired) electrons. The molecular formula is C11H8N2O. The van der Waals surface area contributed by atoms with Crippen molar-refractivity contribution in [1.82, 2.24) is 4.98 Å². The minimum absolute atomic E-state index is 0.160. The van der Waals surface area contributed by atoms with Gasteiger partial charge in [0.05, 0.1) is 22.8 Å². The van der Waals surface area contributed by atoms with Crippen LogP contribution in [0.15, 0.2) is 24.3 Å². The number of fused-ring (bicyclic) bond motifs is 1. The van der Waals surface area contributed by atoms with Crippen LogP contribution in [0.2, 0.25) is 0 Å². The van der Waals surface area contributed by atoms with Crippen molar-refractivity contribution in [1.29, 1.82) is 5.26 Å². The first-order chi connectivity index (χ1) is 6.70. The quantitative estimate of drug-likeness (QED) is 0.682. The van der Waals surface area contributed by atoms with Gasteiger partial charge in [0.1, 0.15) is 5.75 Å². The fourth-order valence-corrected chi connectivity index (χ4v) is 1.33. The summed E-state index contributed by atoms with van der Waals surface area (Å²) in [6.45, 7) is 1.74. The Labute approximate surface area is 81.2 Å². The number of aromatic nitrogens is 1. The van der Waals surface area contributed by atoms with Crippen LogP contribution < -0.4 is 0 Å². The molecule has 1 N–H and O–H groups in total. The third-order valence-electron chi connectivity index (χ3n) is 2.11. The van der Waals surface area contributed by atoms with Gasteiger partial charge in [0.15, 0.2) is 0 Å². The van der Waals surface area contributed by atoms with Crippen LogP contribution in [0.25, 0.3) is 10.9 Å². The van der Waals surface area contributed by atoms with Crippen molar-refractivity contribution in [3.05, 3.63) is 35.5 Å². The predicted molar refractivity (Wildman–Crippen MR) is 52.9 cm³/mol. The summed E-state index contributed by atoms with van der Waals surface area (Å²) in [6.07, 6.45) is 0. The first kappa shape index (κ1) is 8.52. The minimum Gasteiger partial charge on any atom is -0.506 e. The smallest absolute Gasteiger partial charge is 0.137 e. The standard InChI is InChI=1S/C11H8N2O/c1-7-11(14)5-9-4-8(6-12)2-3-10(9)13-7/h2-5,14H,1H3. The zero-order chi connectivity index (χ0) is 10.1. The molecule has 68 valence electrons. The molecule has 3 nitrogen and oxygen atoms in total. The summed E-state index contributed by atoms with van der Waals surface area (Å²) in [6, 6.07) is 8.87. The molecule has 1 aromatic carbocycles. The molecule has 0 saturated carbocycles. The SMILES string of the molecule is Cc1nc2ccc(C#N)cc2cc1O. The van der Waals surface area contributed by atoms with Gasteiger partial charge < -0.3 is 5.11 Å². The lowest BCUT2D eigenvalue weighted by molar-refractivity contribution is 0.469. The van der Waals surface area contributed by atoms with Crippen LogP contribution >= 0.6 is 0 Å². The summed E-state index contributed by atoms with van der Waals surface area (Å²) < 4.78 is 0. The summed E-state index contributed by atoms with van der Waals surface area (Å²) in [7, 11) is 0. The van der Waals surface area contributed by atoms with Crippen molar-refractivity contribution in [3.8, 4) is 11.8 Å². The summed E-state index contributed by atoms with van der Waals surface area (Å²) in [4.78, 5) is 4.19. The maximum Gasteiger partial charge on any atom is 0.137 e. The summed E-state index contributed by atoms with van der Waals surface area (Å²) in [5, 5.41) is 18.9. The third-order valence-corrected chi connectivity index (χ3v) is 2.11. The molecule has 1 heterocycles. The molecular weight excluding hydrogens is 176 g/mol. The molecule has 0 saturated heterocycles. The van der Waals surface area contributed by atoms with Crippen molar-refractivity contribution in [2.24, 2.45) is 0 Å². The molecule has 14 heavy (non-hydrogen) atoms. The fraction of sp³-hybridized carbons (Fsp3) is 0.0909. The molecule has 0 fully saturated rings. The first-order valence-electron chi connectivity index (χ1n) is 4.21. The van der Waals surface area contributed by atoms with Gasteiger partial charge in [-0.25, -0.2) is 4.98 Å². The number of hydrogen-bond acceptors (Lipinski definition) is 3. The van der Waals surface area contributed by atoms with Gasteiger partial charge in [-0.1, -0.05) is 0 Å². The van der Waals surface area contributed by atoms with E-state index in [1.807, 2.05) is 6.07 Å². The maximum atomic E-state index is 9.44. The lowest BCUT2D eigenvalue weighted by Crippen LogP contribution is -1.85. The lowest BCUT2D eigenvalue weighted by atomic mass is 10.1. The number of benzene rings is 1. The Morgan fingerprint density at radius 2 is 2.14 bits per heavy atom. The molecule has 0 aliphatic heterocycles. The largest absolute Gasteiger partial charge is 0.506 e. The average Bonchev–Trinajstić information content (AvgIpc) is 2.19. The maximum absolute atomic E-state index is 9.44. The second-order valence-electron chi connectivity index (χ2n) is 3.11. The van der Waals surface area contributed by atoms with E-state index in [1.165, 1.54) is 0 Å². The lowest BCUT2D eigenvalue weighted by Gasteiger charge is -2.01. The van der Waals surface area contributed by atoms with E-state index >= 15 is 0 Å². The Morgan fingerprint density at radius 1 is 1.36 bits per heavy atom. The number of nitriles is 1. The second kappa shape index (κ2) is 3.00. The normalized spacial score (nSPS) is 10.0. The highest BCUT2D eigenvalue weighted by molar-refractivity contribution is 5.81. The molecule has 0 aliphatic carbocycles. The van der Waals surface area contributed by atoms with E-state index in [4.69, 9.17) is 5.26 Å². The molecule has 0 atom stereocenters. The van der Waals surface area contributed by atoms with Crippen LogP contribution in [-0.4, -0.2) is 10.1 Å². The molecule has 0 bridgehead atoms. The first-order valence-corrected chi connectivity index (χ1v) is 4.21. The molecule has 2 aromatic rings. The third kappa shape index (κ3) is 1.27. The molecule has 0 spiro atoms. The number of hydrogen-bond donors (Lipinski definition) is 1. The van der Waals surface area contributed by atoms with E-state index in [0.29, 0.717) is 11.3 Å². The summed E-state index contributed by atoms with van der Waals surface area (Å²) in [5.74, 6) is 0.160. The van der Waals surface area contributed by atoms with Crippen molar-refractivity contribution in [2.45, 2.75) is 6.92 Å². The van der Waals surface area contributed by atoms with Crippen molar-refractivity contribution < 1.29 is 5.11 Å². The highest BCUT2D eigenvalue weighted by Crippen LogP contribution is 2.21. The van der Waals surface area contributed by atoms with Gasteiger partial charge in [-0.05, 0) is 31.2 Å². The molecule has 0 amide bonds. The Bertz CT molecular complexity index is 541. The van der Waals surface area contributed by atoms with Crippen LogP contribution in [-0.2, 0) is 0 Å². The number of pyridine rings is 1. The molecule has 3 heteroatoms. The zero-order valence-electron chi connectivity index (χ0n) is 7.65. The Balaban J connectivity index is 2.78. The van der Waals surface area contributed by atoms with Crippen molar-refractivity contribution in [2.75, 3.05) is 0 Å². The highest BCUT2D eigenvalue weighted by atomic mass is 16.3. The van der Waals surface area contributed by atoms with E-state index in [1.54, 1.807) is 31.2 Å². The number of aromatic hydroxyl groups is 1. The number of rotatable bonds is 0. The average molecular weight is 184 g/mol. The molecule has 1 aromatic heterocycles. The second-order valence-corrected chi connectivity index (χ2v) is 3.11. The molecule has 2 rings (SSSR count). The van der Waals surface area contributed by atoms with Gasteiger partial charge >= 0.3 is 0 Å². The number of aryl methyl sites for hydroxylation is 1. The van der Waals surface area contributed by atoms with E-state index in [2.05, 4.69) is 4.98 Å². The Kier molecular flexibility index (Phi) is 1.83. The van der Waals surface area contributed by atoms with Crippen LogP contribution in [0.3, 0.4) is 0 Å². The van der Waals surface area contributed by atoms with Crippen LogP contribution in [0.1, 0.15) is 11.3 Å². The van der Waals surface area contributed by atoms with Crippen LogP contribution in [0.4, 0.5) is 0 Å². The highest BCUT2D eigenvalue weighted by Gasteiger charge is 2.01. The van der Waals surface area contributed by atoms with Crippen molar-refractivity contribution in [3.63, 3.8) is 0 Å². The van der Waals surface area contributed by atoms with Crippen LogP contribution in [0, 0.1) is 18.3 Å². The van der Waals surface area contributed by atoms with E-state index < -0.39 is 0 Å². The Morgan fingerprint density at radius 3 is 2.86 bits per heavy atom. The molecule has 0 aliphatic rings. The minimum atomic E-state index is 0.160. The van der Waals surface area contributed by atoms with Crippen LogP contribution in [0.5, 0.6) is 5.75 Å². The number of nitrogens with zero attached hydrogens (tertiary/aromatic N) is 2. The van der Waals surface area contributed by atoms with Crippen molar-refractivity contribution >= 4 is 10.9 Å². The van der Waals surface area contributed by atoms with Gasteiger partial charge in [0.25, 0.3) is 0 Å². The van der Waals surface area contributed by atoms with E-state index in [0.717, 1.165) is 10.9 Å². The summed E-state index contributed by atoms with van der Waals surface area (Å²) >= 11 is 0. The van der Waals surface area contributed by atoms with E-state index in [9.17, 15) is 5.11 Å². The topological polar surface area (TPSA) is 56.9 Å². The van der Waals surface area contributed by atoms with Gasteiger partial charge in [0.2, 0.25) is 0 Å². The van der Waals surface area contributed by atoms with Gasteiger partial charge in [-0.3, -0.25) is 0 Å². The predicted octanol–water partition coefficient (Wildman–Crippen LogP) is 2.12. The van der Waals surface area contributed by atoms with Gasteiger partial charge in [0, 0.05) is 5.39 Å². The summed E-state index contributed by atoms with van der Waals surface area (Å²) in [5.41, 5.74) is 1.96. The fourth-order valence-electron chi connectivity index (χ4n) is 1.33. The van der Waals surface area contributed by atoms with Gasteiger partial charge in [-0.2, -0.15) is 5.26 Å². The van der Waals surface area contributed by atoms with Gasteiger partial charge in [-0.15, -0.1) is 0 Å². The monoisotopic (exact) mass is 184 g/mol. The zero-order valence-corrected chi connectivity index (χ0v) is 7.65. The molecule has 0 unspecified atom stereocenters. The Hall–Kier alpha value is -2.08. The van der Waals surface area contributed by atoms with E-state index in [-0.39, 0.29) is 5.75 Å².